The van der Waals surface area contributed by atoms with E-state index in [1.807, 2.05) is 36.4 Å². The summed E-state index contributed by atoms with van der Waals surface area (Å²) in [5.74, 6) is 2.37. The van der Waals surface area contributed by atoms with Crippen LogP contribution >= 0.6 is 11.6 Å². The second-order valence-corrected chi connectivity index (χ2v) is 6.58. The number of ether oxygens (including phenoxy) is 2. The van der Waals surface area contributed by atoms with Crippen molar-refractivity contribution in [1.82, 2.24) is 0 Å². The predicted molar refractivity (Wildman–Crippen MR) is 101 cm³/mol. The molecule has 0 amide bonds. The Kier molecular flexibility index (Phi) is 5.47. The van der Waals surface area contributed by atoms with Gasteiger partial charge in [-0.1, -0.05) is 54.8 Å². The van der Waals surface area contributed by atoms with Gasteiger partial charge >= 0.3 is 0 Å². The molecule has 0 saturated heterocycles. The van der Waals surface area contributed by atoms with Crippen molar-refractivity contribution in [2.75, 3.05) is 14.2 Å². The van der Waals surface area contributed by atoms with Gasteiger partial charge in [-0.2, -0.15) is 0 Å². The second-order valence-electron chi connectivity index (χ2n) is 6.18. The molecule has 2 nitrogen and oxygen atoms in total. The van der Waals surface area contributed by atoms with E-state index >= 15 is 0 Å². The lowest BCUT2D eigenvalue weighted by atomic mass is 9.94. The van der Waals surface area contributed by atoms with Crippen molar-refractivity contribution in [3.8, 4) is 11.5 Å². The normalized spacial score (nSPS) is 15.1. The minimum Gasteiger partial charge on any atom is -0.496 e. The molecule has 0 N–H and O–H groups in total. The summed E-state index contributed by atoms with van der Waals surface area (Å²) in [5.41, 5.74) is 3.26. The first-order valence-electron chi connectivity index (χ1n) is 8.41. The first-order chi connectivity index (χ1) is 11.7. The van der Waals surface area contributed by atoms with Crippen molar-refractivity contribution in [2.45, 2.75) is 31.6 Å². The standard InChI is InChI=1S/C21H23ClO2/c1-23-19-13-15(11-12-16-7-5-6-10-18(16)22)14-20(24-2)21(19)17-8-3-4-9-17/h5-7,10-14,17H,3-4,8-9H2,1-2H3. The number of halogens is 1. The third-order valence-electron chi connectivity index (χ3n) is 4.69. The molecule has 1 fully saturated rings. The van der Waals surface area contributed by atoms with Crippen LogP contribution in [0.15, 0.2) is 36.4 Å². The number of benzene rings is 2. The van der Waals surface area contributed by atoms with E-state index in [4.69, 9.17) is 21.1 Å². The topological polar surface area (TPSA) is 18.5 Å². The molecule has 0 bridgehead atoms. The van der Waals surface area contributed by atoms with Gasteiger partial charge in [-0.15, -0.1) is 0 Å². The number of hydrogen-bond donors (Lipinski definition) is 0. The van der Waals surface area contributed by atoms with Crippen molar-refractivity contribution in [1.29, 1.82) is 0 Å². The molecule has 1 saturated carbocycles. The van der Waals surface area contributed by atoms with Crippen LogP contribution in [-0.4, -0.2) is 14.2 Å². The molecule has 0 heterocycles. The molecule has 0 atom stereocenters. The third kappa shape index (κ3) is 3.59. The van der Waals surface area contributed by atoms with Crippen LogP contribution in [0.3, 0.4) is 0 Å². The van der Waals surface area contributed by atoms with Gasteiger partial charge in [0.2, 0.25) is 0 Å². The molecule has 2 aromatic rings. The lowest BCUT2D eigenvalue weighted by Gasteiger charge is -2.19. The average Bonchev–Trinajstić information content (AvgIpc) is 3.14. The summed E-state index contributed by atoms with van der Waals surface area (Å²) >= 11 is 6.22. The Morgan fingerprint density at radius 3 is 2.17 bits per heavy atom. The van der Waals surface area contributed by atoms with Gasteiger partial charge in [-0.3, -0.25) is 0 Å². The highest BCUT2D eigenvalue weighted by molar-refractivity contribution is 6.32. The molecule has 2 aromatic carbocycles. The van der Waals surface area contributed by atoms with Gasteiger partial charge < -0.3 is 9.47 Å². The highest BCUT2D eigenvalue weighted by atomic mass is 35.5. The molecular weight excluding hydrogens is 320 g/mol. The summed E-state index contributed by atoms with van der Waals surface area (Å²) in [4.78, 5) is 0. The third-order valence-corrected chi connectivity index (χ3v) is 5.03. The molecular formula is C21H23ClO2. The van der Waals surface area contributed by atoms with Crippen LogP contribution in [0.5, 0.6) is 11.5 Å². The molecule has 1 aliphatic rings. The van der Waals surface area contributed by atoms with E-state index in [0.717, 1.165) is 27.6 Å². The van der Waals surface area contributed by atoms with Crippen LogP contribution in [0, 0.1) is 0 Å². The average molecular weight is 343 g/mol. The van der Waals surface area contributed by atoms with E-state index in [9.17, 15) is 0 Å². The van der Waals surface area contributed by atoms with E-state index in [1.54, 1.807) is 14.2 Å². The molecule has 3 rings (SSSR count). The Balaban J connectivity index is 1.96. The van der Waals surface area contributed by atoms with Crippen LogP contribution in [-0.2, 0) is 0 Å². The highest BCUT2D eigenvalue weighted by Crippen LogP contribution is 2.44. The van der Waals surface area contributed by atoms with Gasteiger partial charge in [0.25, 0.3) is 0 Å². The lowest BCUT2D eigenvalue weighted by Crippen LogP contribution is -2.01. The molecule has 0 aromatic heterocycles. The largest absolute Gasteiger partial charge is 0.496 e. The molecule has 126 valence electrons. The van der Waals surface area contributed by atoms with E-state index in [1.165, 1.54) is 31.2 Å². The summed E-state index contributed by atoms with van der Waals surface area (Å²) in [6.45, 7) is 0. The minimum absolute atomic E-state index is 0.538. The fourth-order valence-electron chi connectivity index (χ4n) is 3.47. The predicted octanol–water partition coefficient (Wildman–Crippen LogP) is 6.19. The van der Waals surface area contributed by atoms with Crippen LogP contribution < -0.4 is 9.47 Å². The fourth-order valence-corrected chi connectivity index (χ4v) is 3.67. The van der Waals surface area contributed by atoms with Crippen molar-refractivity contribution in [3.63, 3.8) is 0 Å². The van der Waals surface area contributed by atoms with Gasteiger partial charge in [0.05, 0.1) is 14.2 Å². The quantitative estimate of drug-likeness (QED) is 0.603. The van der Waals surface area contributed by atoms with Gasteiger partial charge in [-0.25, -0.2) is 0 Å². The Morgan fingerprint density at radius 1 is 0.958 bits per heavy atom. The molecule has 1 aliphatic carbocycles. The summed E-state index contributed by atoms with van der Waals surface area (Å²) in [5, 5.41) is 0.746. The van der Waals surface area contributed by atoms with Gasteiger partial charge in [-0.05, 0) is 48.1 Å². The van der Waals surface area contributed by atoms with Gasteiger partial charge in [0.1, 0.15) is 11.5 Å². The number of rotatable bonds is 5. The fraction of sp³-hybridized carbons (Fsp3) is 0.333. The van der Waals surface area contributed by atoms with Crippen LogP contribution in [0.25, 0.3) is 12.2 Å². The maximum atomic E-state index is 6.22. The number of methoxy groups -OCH3 is 2. The van der Waals surface area contributed by atoms with E-state index in [-0.39, 0.29) is 0 Å². The second kappa shape index (κ2) is 7.76. The van der Waals surface area contributed by atoms with Crippen LogP contribution in [0.1, 0.15) is 48.3 Å². The van der Waals surface area contributed by atoms with Gasteiger partial charge in [0, 0.05) is 10.6 Å². The first-order valence-corrected chi connectivity index (χ1v) is 8.79. The van der Waals surface area contributed by atoms with Crippen LogP contribution in [0.2, 0.25) is 5.02 Å². The maximum absolute atomic E-state index is 6.22. The lowest BCUT2D eigenvalue weighted by molar-refractivity contribution is 0.378. The molecule has 24 heavy (non-hydrogen) atoms. The summed E-state index contributed by atoms with van der Waals surface area (Å²) in [7, 11) is 3.46. The summed E-state index contributed by atoms with van der Waals surface area (Å²) in [6, 6.07) is 12.0. The van der Waals surface area contributed by atoms with Crippen molar-refractivity contribution in [3.05, 3.63) is 58.1 Å². The first kappa shape index (κ1) is 16.9. The summed E-state index contributed by atoms with van der Waals surface area (Å²) < 4.78 is 11.4. The minimum atomic E-state index is 0.538. The monoisotopic (exact) mass is 342 g/mol. The van der Waals surface area contributed by atoms with Crippen molar-refractivity contribution >= 4 is 23.8 Å². The summed E-state index contributed by atoms with van der Waals surface area (Å²) in [6.07, 6.45) is 9.05. The van der Waals surface area contributed by atoms with Crippen LogP contribution in [0.4, 0.5) is 0 Å². The Hall–Kier alpha value is -1.93. The molecule has 0 aliphatic heterocycles. The van der Waals surface area contributed by atoms with Gasteiger partial charge in [0.15, 0.2) is 0 Å². The number of hydrogen-bond acceptors (Lipinski definition) is 2. The molecule has 0 radical (unpaired) electrons. The molecule has 3 heteroatoms. The SMILES string of the molecule is COc1cc(C=Cc2ccccc2Cl)cc(OC)c1C1CCCC1. The zero-order valence-electron chi connectivity index (χ0n) is 14.2. The molecule has 0 unspecified atom stereocenters. The van der Waals surface area contributed by atoms with Crippen molar-refractivity contribution < 1.29 is 9.47 Å². The Morgan fingerprint density at radius 2 is 1.58 bits per heavy atom. The zero-order valence-corrected chi connectivity index (χ0v) is 15.0. The van der Waals surface area contributed by atoms with E-state index < -0.39 is 0 Å². The molecule has 0 spiro atoms. The van der Waals surface area contributed by atoms with E-state index in [0.29, 0.717) is 5.92 Å². The zero-order chi connectivity index (χ0) is 16.9. The van der Waals surface area contributed by atoms with Crippen molar-refractivity contribution in [2.24, 2.45) is 0 Å². The Labute approximate surface area is 149 Å². The van der Waals surface area contributed by atoms with E-state index in [2.05, 4.69) is 12.1 Å². The smallest absolute Gasteiger partial charge is 0.126 e. The maximum Gasteiger partial charge on any atom is 0.126 e. The Bertz CT molecular complexity index is 705. The highest BCUT2D eigenvalue weighted by Gasteiger charge is 2.24.